The lowest BCUT2D eigenvalue weighted by Crippen LogP contribution is -2.43. The fourth-order valence-electron chi connectivity index (χ4n) is 12.3. The number of carbonyl (C=O) groups is 4. The van der Waals surface area contributed by atoms with Crippen LogP contribution in [0.4, 0.5) is 58.7 Å². The summed E-state index contributed by atoms with van der Waals surface area (Å²) in [6, 6.07) is 113. The van der Waals surface area contributed by atoms with Gasteiger partial charge >= 0.3 is 6.18 Å². The molecule has 0 aliphatic heterocycles. The van der Waals surface area contributed by atoms with E-state index in [1.807, 2.05) is 224 Å². The summed E-state index contributed by atoms with van der Waals surface area (Å²) in [7, 11) is 0. The van der Waals surface area contributed by atoms with Crippen molar-refractivity contribution in [2.75, 3.05) is 22.1 Å². The van der Waals surface area contributed by atoms with Gasteiger partial charge in [-0.3, -0.25) is 39.4 Å². The van der Waals surface area contributed by atoms with Crippen LogP contribution >= 0.6 is 11.6 Å². The number of carbonyl (C=O) groups excluding carboxylic acids is 4. The number of halogens is 4. The van der Waals surface area contributed by atoms with Gasteiger partial charge in [0.25, 0.3) is 11.4 Å². The normalized spacial score (nSPS) is 11.1. The molecule has 1 unspecified atom stereocenters. The second-order valence-corrected chi connectivity index (χ2v) is 26.9. The second-order valence-electron chi connectivity index (χ2n) is 26.5. The minimum Gasteiger partial charge on any atom is -0.399 e. The number of hydrogen-bond donors (Lipinski definition) is 5. The number of para-hydroxylation sites is 5. The average Bonchev–Trinajstić information content (AvgIpc) is 1.54. The van der Waals surface area contributed by atoms with Crippen LogP contribution in [0.15, 0.2) is 394 Å². The molecule has 21 nitrogen and oxygen atoms in total. The summed E-state index contributed by atoms with van der Waals surface area (Å²) in [5.41, 5.74) is 19.6. The fraction of sp³-hybridized carbons (Fsp3) is 0.0208. The van der Waals surface area contributed by atoms with Crippen LogP contribution in [0.3, 0.4) is 0 Å². The van der Waals surface area contributed by atoms with Gasteiger partial charge in [0.15, 0.2) is 23.1 Å². The molecular weight excluding hydrogens is 1560 g/mol. The maximum atomic E-state index is 13.9. The Kier molecular flexibility index (Phi) is 27.8. The quantitative estimate of drug-likeness (QED) is 0.0231. The molecule has 0 bridgehead atoms. The van der Waals surface area contributed by atoms with Crippen LogP contribution in [0, 0.1) is 20.2 Å². The van der Waals surface area contributed by atoms with E-state index in [2.05, 4.69) is 31.3 Å². The van der Waals surface area contributed by atoms with E-state index < -0.39 is 21.6 Å². The molecule has 7 N–H and O–H groups in total. The molecule has 0 saturated carbocycles. The number of fused-ring (bicyclic) bond motifs is 2. The Morgan fingerprint density at radius 2 is 0.678 bits per heavy atom. The first kappa shape index (κ1) is 84.2. The Balaban J connectivity index is 0.000000136. The highest BCUT2D eigenvalue weighted by molar-refractivity contribution is 6.33. The van der Waals surface area contributed by atoms with Gasteiger partial charge in [0.2, 0.25) is 5.60 Å². The monoisotopic (exact) mass is 1630 g/mol. The molecule has 598 valence electrons. The number of aliphatic hydroxyl groups is 1. The third-order valence-electron chi connectivity index (χ3n) is 18.4. The SMILES string of the molecule is Nc1cc(C(=O)c2ccccc2)ccc1Nc1ccccc1.Nc1ccccc1.O=C(c1ccccc1)c1ccc(Cl)c([N+](=O)[O-])c1.O=C(c1ccccc1)c1ccc(Nc2ccccc2)c([N+](=O)[O-])c1.O=C(c1ccccc1)c1ccc2c(c1)nnn2-c1ccccc1.OC(c1ccccc1)(c1ccc2c(c1)nnn2-c1ccccc1)C(F)(F)F. The summed E-state index contributed by atoms with van der Waals surface area (Å²) in [4.78, 5) is 70.4. The summed E-state index contributed by atoms with van der Waals surface area (Å²) in [5, 5.41) is 55.5. The molecule has 0 spiro atoms. The standard InChI is InChI=1S/C20H14F3N3O.C19H13N3O.C19H14N2O3.C19H16N2O.C13H8ClNO3.C6H7N/c21-20(22,23)19(27,14-7-3-1-4-8-14)15-11-12-18-17(13-15)24-25-26(18)16-9-5-2-6-10-16;23-19(14-7-3-1-4-8-14)15-11-12-18-17(13-15)20-21-22(18)16-9-5-2-6-10-16;22-19(14-7-3-1-4-8-14)15-11-12-17(18(13-15)21(23)24)20-16-9-5-2-6-10-16;20-17-13-15(19(22)14-7-3-1-4-8-14)11-12-18(17)21-16-9-5-2-6-10-16;14-11-7-6-10(8-12(11)15(17)18)13(16)9-4-2-1-3-5-9;7-6-4-2-1-3-5-6/h1-13,27H;1-13H;1-13,20H;1-13,21H,20H2;1-8H;1-5H,7H2. The van der Waals surface area contributed by atoms with Crippen molar-refractivity contribution in [3.8, 4) is 11.4 Å². The highest BCUT2D eigenvalue weighted by Gasteiger charge is 2.56. The summed E-state index contributed by atoms with van der Waals surface area (Å²) >= 11 is 5.69. The van der Waals surface area contributed by atoms with Gasteiger partial charge in [-0.15, -0.1) is 10.2 Å². The van der Waals surface area contributed by atoms with E-state index in [4.69, 9.17) is 23.1 Å². The van der Waals surface area contributed by atoms with Crippen LogP contribution in [0.5, 0.6) is 0 Å². The number of nitrogens with two attached hydrogens (primary N) is 2. The highest BCUT2D eigenvalue weighted by atomic mass is 35.5. The van der Waals surface area contributed by atoms with Crippen LogP contribution < -0.4 is 22.1 Å². The first-order chi connectivity index (χ1) is 58.6. The Bertz CT molecular complexity index is 6400. The molecule has 0 fully saturated rings. The minimum atomic E-state index is -4.91. The molecule has 17 rings (SSSR count). The molecule has 0 amide bonds. The predicted octanol–water partition coefficient (Wildman–Crippen LogP) is 21.4. The van der Waals surface area contributed by atoms with Crippen LogP contribution in [-0.4, -0.2) is 74.3 Å². The number of rotatable bonds is 18. The summed E-state index contributed by atoms with van der Waals surface area (Å²) in [5.74, 6) is -0.555. The molecule has 17 aromatic rings. The molecule has 1 atom stereocenters. The predicted molar refractivity (Wildman–Crippen MR) is 465 cm³/mol. The topological polar surface area (TPSA) is 312 Å². The van der Waals surface area contributed by atoms with Crippen molar-refractivity contribution in [2.24, 2.45) is 0 Å². The molecule has 0 aliphatic carbocycles. The number of alkyl halides is 3. The van der Waals surface area contributed by atoms with E-state index in [1.165, 1.54) is 71.4 Å². The lowest BCUT2D eigenvalue weighted by atomic mass is 9.85. The van der Waals surface area contributed by atoms with Crippen LogP contribution in [0.25, 0.3) is 33.4 Å². The summed E-state index contributed by atoms with van der Waals surface area (Å²) < 4.78 is 44.9. The van der Waals surface area contributed by atoms with Gasteiger partial charge in [-0.2, -0.15) is 13.2 Å². The zero-order valence-electron chi connectivity index (χ0n) is 64.0. The third-order valence-corrected chi connectivity index (χ3v) is 18.7. The average molecular weight is 1630 g/mol. The minimum absolute atomic E-state index is 0.0123. The van der Waals surface area contributed by atoms with Gasteiger partial charge in [0, 0.05) is 73.7 Å². The smallest absolute Gasteiger partial charge is 0.399 e. The number of hydrogen-bond acceptors (Lipinski definition) is 17. The van der Waals surface area contributed by atoms with Crippen LogP contribution in [-0.2, 0) is 5.60 Å². The molecule has 2 heterocycles. The summed E-state index contributed by atoms with van der Waals surface area (Å²) in [6.07, 6.45) is -4.91. The van der Waals surface area contributed by atoms with Crippen molar-refractivity contribution in [1.82, 2.24) is 30.0 Å². The van der Waals surface area contributed by atoms with Crippen molar-refractivity contribution in [3.63, 3.8) is 0 Å². The van der Waals surface area contributed by atoms with E-state index in [1.54, 1.807) is 108 Å². The first-order valence-corrected chi connectivity index (χ1v) is 37.6. The van der Waals surface area contributed by atoms with Gasteiger partial charge in [-0.05, 0) is 145 Å². The molecule has 121 heavy (non-hydrogen) atoms. The Morgan fingerprint density at radius 1 is 0.355 bits per heavy atom. The van der Waals surface area contributed by atoms with Crippen LogP contribution in [0.1, 0.15) is 74.8 Å². The lowest BCUT2D eigenvalue weighted by molar-refractivity contribution is -0.384. The number of nitrogen functional groups attached to an aromatic ring is 2. The van der Waals surface area contributed by atoms with Gasteiger partial charge in [0.1, 0.15) is 21.7 Å². The van der Waals surface area contributed by atoms with Gasteiger partial charge < -0.3 is 27.2 Å². The number of benzene rings is 15. The molecule has 0 saturated heterocycles. The van der Waals surface area contributed by atoms with Crippen molar-refractivity contribution in [1.29, 1.82) is 0 Å². The van der Waals surface area contributed by atoms with E-state index >= 15 is 0 Å². The number of ketones is 4. The molecule has 25 heteroatoms. The number of nitrogens with one attached hydrogen (secondary N) is 2. The Labute approximate surface area is 696 Å². The molecular formula is C96H72ClF3N12O9. The number of nitrogens with zero attached hydrogens (tertiary/aromatic N) is 8. The summed E-state index contributed by atoms with van der Waals surface area (Å²) in [6.45, 7) is 0. The zero-order valence-corrected chi connectivity index (χ0v) is 64.7. The van der Waals surface area contributed by atoms with Crippen LogP contribution in [0.2, 0.25) is 5.02 Å². The second kappa shape index (κ2) is 39.9. The number of aromatic nitrogens is 6. The maximum Gasteiger partial charge on any atom is 0.425 e. The Morgan fingerprint density at radius 3 is 1.07 bits per heavy atom. The van der Waals surface area contributed by atoms with Gasteiger partial charge in [0.05, 0.1) is 43.6 Å². The van der Waals surface area contributed by atoms with E-state index in [0.29, 0.717) is 55.8 Å². The van der Waals surface area contributed by atoms with E-state index in [9.17, 15) is 57.7 Å². The van der Waals surface area contributed by atoms with Crippen molar-refractivity contribution >= 4 is 102 Å². The van der Waals surface area contributed by atoms with Crippen molar-refractivity contribution < 1.29 is 47.3 Å². The lowest BCUT2D eigenvalue weighted by Gasteiger charge is -2.31. The highest BCUT2D eigenvalue weighted by Crippen LogP contribution is 2.45. The Hall–Kier alpha value is -16.2. The number of anilines is 6. The van der Waals surface area contributed by atoms with Crippen molar-refractivity contribution in [3.05, 3.63) is 475 Å². The molecule has 15 aromatic carbocycles. The molecule has 0 radical (unpaired) electrons. The third kappa shape index (κ3) is 21.5. The first-order valence-electron chi connectivity index (χ1n) is 37.2. The van der Waals surface area contributed by atoms with Gasteiger partial charge in [-0.25, -0.2) is 9.36 Å². The van der Waals surface area contributed by atoms with E-state index in [-0.39, 0.29) is 67.3 Å². The number of nitro groups is 2. The zero-order chi connectivity index (χ0) is 85.3. The maximum absolute atomic E-state index is 13.9. The number of nitro benzene ring substituents is 2. The molecule has 0 aliphatic rings. The molecule has 2 aromatic heterocycles. The largest absolute Gasteiger partial charge is 0.425 e. The van der Waals surface area contributed by atoms with Crippen molar-refractivity contribution in [2.45, 2.75) is 11.8 Å². The fourth-order valence-corrected chi connectivity index (χ4v) is 12.5. The van der Waals surface area contributed by atoms with Gasteiger partial charge in [-0.1, -0.05) is 271 Å². The van der Waals surface area contributed by atoms with E-state index in [0.717, 1.165) is 39.6 Å².